The first-order valence-corrected chi connectivity index (χ1v) is 6.74. The maximum atomic E-state index is 11.9. The number of hydrogen-bond donors (Lipinski definition) is 2. The number of rotatable bonds is 3. The van der Waals surface area contributed by atoms with Gasteiger partial charge in [0.15, 0.2) is 11.5 Å². The summed E-state index contributed by atoms with van der Waals surface area (Å²) in [5.41, 5.74) is 3.17. The zero-order valence-electron chi connectivity index (χ0n) is 11.3. The molecule has 2 heterocycles. The summed E-state index contributed by atoms with van der Waals surface area (Å²) in [5.74, 6) is 0.0564. The van der Waals surface area contributed by atoms with Gasteiger partial charge >= 0.3 is 0 Å². The Kier molecular flexibility index (Phi) is 3.72. The van der Waals surface area contributed by atoms with Gasteiger partial charge in [-0.3, -0.25) is 9.59 Å². The van der Waals surface area contributed by atoms with E-state index in [1.54, 1.807) is 18.2 Å². The number of carbonyl (C=O) groups is 2. The van der Waals surface area contributed by atoms with Crippen LogP contribution in [0.4, 0.5) is 0 Å². The molecule has 2 aliphatic heterocycles. The molecular weight excluding hydrogens is 274 g/mol. The highest BCUT2D eigenvalue weighted by Crippen LogP contribution is 2.31. The number of ether oxygens (including phenoxy) is 2. The van der Waals surface area contributed by atoms with Crippen molar-refractivity contribution >= 4 is 18.0 Å². The molecular formula is C14H15N3O4. The molecule has 0 aliphatic carbocycles. The van der Waals surface area contributed by atoms with Crippen LogP contribution >= 0.6 is 0 Å². The Bertz CT molecular complexity index is 600. The van der Waals surface area contributed by atoms with E-state index >= 15 is 0 Å². The quantitative estimate of drug-likeness (QED) is 0.478. The minimum atomic E-state index is -0.660. The summed E-state index contributed by atoms with van der Waals surface area (Å²) in [6, 6.07) is 5.35. The van der Waals surface area contributed by atoms with Gasteiger partial charge in [-0.2, -0.15) is 5.10 Å². The third-order valence-electron chi connectivity index (χ3n) is 3.39. The maximum absolute atomic E-state index is 11.9. The molecule has 0 spiro atoms. The standard InChI is InChI=1S/C14H15N3O4/c18-13-10(2-1-5-15-13)14(19)17-16-7-9-3-4-11-12(6-9)21-8-20-11/h3-4,6-7,10H,1-2,5,8H2,(H,15,18)(H,17,19)/b16-7+. The second-order valence-corrected chi connectivity index (χ2v) is 4.83. The third-order valence-corrected chi connectivity index (χ3v) is 3.39. The molecule has 110 valence electrons. The summed E-state index contributed by atoms with van der Waals surface area (Å²) in [7, 11) is 0. The second kappa shape index (κ2) is 5.82. The van der Waals surface area contributed by atoms with E-state index in [-0.39, 0.29) is 18.6 Å². The summed E-state index contributed by atoms with van der Waals surface area (Å²) >= 11 is 0. The van der Waals surface area contributed by atoms with Crippen molar-refractivity contribution in [3.05, 3.63) is 23.8 Å². The molecule has 3 rings (SSSR count). The molecule has 0 radical (unpaired) electrons. The fourth-order valence-corrected chi connectivity index (χ4v) is 2.26. The van der Waals surface area contributed by atoms with Gasteiger partial charge in [-0.25, -0.2) is 5.43 Å². The highest BCUT2D eigenvalue weighted by Gasteiger charge is 2.28. The zero-order valence-corrected chi connectivity index (χ0v) is 11.3. The van der Waals surface area contributed by atoms with E-state index in [2.05, 4.69) is 15.8 Å². The number of hydrazone groups is 1. The Labute approximate surface area is 121 Å². The number of piperidine rings is 1. The van der Waals surface area contributed by atoms with Crippen molar-refractivity contribution in [1.29, 1.82) is 0 Å². The number of benzene rings is 1. The lowest BCUT2D eigenvalue weighted by Gasteiger charge is -2.19. The van der Waals surface area contributed by atoms with Gasteiger partial charge in [-0.15, -0.1) is 0 Å². The van der Waals surface area contributed by atoms with Gasteiger partial charge in [0.25, 0.3) is 5.91 Å². The number of amides is 2. The van der Waals surface area contributed by atoms with Crippen LogP contribution in [0.2, 0.25) is 0 Å². The molecule has 7 heteroatoms. The lowest BCUT2D eigenvalue weighted by molar-refractivity contribution is -0.136. The van der Waals surface area contributed by atoms with Gasteiger partial charge in [0, 0.05) is 6.54 Å². The molecule has 0 bridgehead atoms. The minimum absolute atomic E-state index is 0.212. The average molecular weight is 289 g/mol. The third kappa shape index (κ3) is 2.96. The van der Waals surface area contributed by atoms with Crippen molar-refractivity contribution in [2.45, 2.75) is 12.8 Å². The Hall–Kier alpha value is -2.57. The maximum Gasteiger partial charge on any atom is 0.252 e. The second-order valence-electron chi connectivity index (χ2n) is 4.83. The smallest absolute Gasteiger partial charge is 0.252 e. The summed E-state index contributed by atoms with van der Waals surface area (Å²) in [6.45, 7) is 0.840. The van der Waals surface area contributed by atoms with Gasteiger partial charge in [-0.05, 0) is 36.6 Å². The van der Waals surface area contributed by atoms with E-state index in [9.17, 15) is 9.59 Å². The normalized spacial score (nSPS) is 20.4. The van der Waals surface area contributed by atoms with Crippen molar-refractivity contribution in [1.82, 2.24) is 10.7 Å². The van der Waals surface area contributed by atoms with Crippen molar-refractivity contribution in [3.8, 4) is 11.5 Å². The van der Waals surface area contributed by atoms with Crippen LogP contribution < -0.4 is 20.2 Å². The SMILES string of the molecule is O=C1NCCCC1C(=O)N/N=C/c1ccc2c(c1)OCO2. The Morgan fingerprint density at radius 3 is 3.10 bits per heavy atom. The molecule has 1 saturated heterocycles. The summed E-state index contributed by atoms with van der Waals surface area (Å²) in [5, 5.41) is 6.54. The average Bonchev–Trinajstić information content (AvgIpc) is 2.95. The van der Waals surface area contributed by atoms with E-state index in [1.807, 2.05) is 0 Å². The predicted molar refractivity (Wildman–Crippen MR) is 74.0 cm³/mol. The minimum Gasteiger partial charge on any atom is -0.454 e. The van der Waals surface area contributed by atoms with Crippen LogP contribution in [0.3, 0.4) is 0 Å². The summed E-state index contributed by atoms with van der Waals surface area (Å²) < 4.78 is 10.5. The Morgan fingerprint density at radius 1 is 1.38 bits per heavy atom. The van der Waals surface area contributed by atoms with Crippen LogP contribution in [0.25, 0.3) is 0 Å². The molecule has 1 atom stereocenters. The number of nitrogens with zero attached hydrogens (tertiary/aromatic N) is 1. The fraction of sp³-hybridized carbons (Fsp3) is 0.357. The molecule has 2 N–H and O–H groups in total. The number of carbonyl (C=O) groups excluding carboxylic acids is 2. The molecule has 21 heavy (non-hydrogen) atoms. The Balaban J connectivity index is 1.59. The first kappa shape index (κ1) is 13.4. The molecule has 1 aromatic carbocycles. The monoisotopic (exact) mass is 289 g/mol. The fourth-order valence-electron chi connectivity index (χ4n) is 2.26. The largest absolute Gasteiger partial charge is 0.454 e. The zero-order chi connectivity index (χ0) is 14.7. The van der Waals surface area contributed by atoms with Crippen LogP contribution in [0.1, 0.15) is 18.4 Å². The Morgan fingerprint density at radius 2 is 2.24 bits per heavy atom. The van der Waals surface area contributed by atoms with Crippen molar-refractivity contribution in [2.75, 3.05) is 13.3 Å². The summed E-state index contributed by atoms with van der Waals surface area (Å²) in [6.07, 6.45) is 2.85. The van der Waals surface area contributed by atoms with Gasteiger partial charge in [0.1, 0.15) is 5.92 Å². The molecule has 1 unspecified atom stereocenters. The van der Waals surface area contributed by atoms with Crippen molar-refractivity contribution < 1.29 is 19.1 Å². The molecule has 1 fully saturated rings. The van der Waals surface area contributed by atoms with E-state index in [4.69, 9.17) is 9.47 Å². The van der Waals surface area contributed by atoms with Gasteiger partial charge in [0.05, 0.1) is 6.21 Å². The molecule has 7 nitrogen and oxygen atoms in total. The van der Waals surface area contributed by atoms with Crippen LogP contribution in [0.5, 0.6) is 11.5 Å². The summed E-state index contributed by atoms with van der Waals surface area (Å²) in [4.78, 5) is 23.4. The van der Waals surface area contributed by atoms with Gasteiger partial charge < -0.3 is 14.8 Å². The number of nitrogens with one attached hydrogen (secondary N) is 2. The lowest BCUT2D eigenvalue weighted by atomic mass is 9.98. The van der Waals surface area contributed by atoms with Crippen LogP contribution in [0.15, 0.2) is 23.3 Å². The molecule has 0 saturated carbocycles. The van der Waals surface area contributed by atoms with Crippen LogP contribution in [-0.2, 0) is 9.59 Å². The highest BCUT2D eigenvalue weighted by molar-refractivity contribution is 6.00. The first-order chi connectivity index (χ1) is 10.2. The van der Waals surface area contributed by atoms with Crippen molar-refractivity contribution in [2.24, 2.45) is 11.0 Å². The van der Waals surface area contributed by atoms with Gasteiger partial charge in [0.2, 0.25) is 12.7 Å². The van der Waals surface area contributed by atoms with Crippen LogP contribution in [-0.4, -0.2) is 31.4 Å². The van der Waals surface area contributed by atoms with Crippen LogP contribution in [0, 0.1) is 5.92 Å². The van der Waals surface area contributed by atoms with E-state index in [0.717, 1.165) is 12.0 Å². The predicted octanol–water partition coefficient (Wildman–Crippen LogP) is 0.392. The van der Waals surface area contributed by atoms with Gasteiger partial charge in [-0.1, -0.05) is 0 Å². The van der Waals surface area contributed by atoms with Crippen molar-refractivity contribution in [3.63, 3.8) is 0 Å². The molecule has 0 aromatic heterocycles. The van der Waals surface area contributed by atoms with E-state index < -0.39 is 5.92 Å². The highest BCUT2D eigenvalue weighted by atomic mass is 16.7. The molecule has 1 aromatic rings. The molecule has 2 aliphatic rings. The number of hydrogen-bond acceptors (Lipinski definition) is 5. The first-order valence-electron chi connectivity index (χ1n) is 6.74. The van der Waals surface area contributed by atoms with E-state index in [1.165, 1.54) is 6.21 Å². The topological polar surface area (TPSA) is 89.0 Å². The molecule has 2 amide bonds. The lowest BCUT2D eigenvalue weighted by Crippen LogP contribution is -2.43. The van der Waals surface area contributed by atoms with E-state index in [0.29, 0.717) is 24.5 Å². The number of fused-ring (bicyclic) bond motifs is 1.